The second-order valence-electron chi connectivity index (χ2n) is 8.33. The molecule has 190 valence electrons. The van der Waals surface area contributed by atoms with Crippen molar-refractivity contribution in [3.8, 4) is 0 Å². The van der Waals surface area contributed by atoms with Crippen LogP contribution in [0.4, 0.5) is 13.2 Å². The Labute approximate surface area is 211 Å². The van der Waals surface area contributed by atoms with Crippen LogP contribution >= 0.6 is 0 Å². The first kappa shape index (κ1) is 25.7. The molecule has 3 aromatic carbocycles. The molecule has 9 heteroatoms. The number of benzene rings is 3. The van der Waals surface area contributed by atoms with Crippen LogP contribution in [0.1, 0.15) is 22.4 Å². The van der Waals surface area contributed by atoms with E-state index in [1.54, 1.807) is 17.8 Å². The van der Waals surface area contributed by atoms with Crippen molar-refractivity contribution in [2.75, 3.05) is 7.11 Å². The van der Waals surface area contributed by atoms with Crippen molar-refractivity contribution in [2.24, 2.45) is 0 Å². The molecule has 1 amide bonds. The number of nitrogens with zero attached hydrogens (tertiary/aromatic N) is 2. The van der Waals surface area contributed by atoms with E-state index in [4.69, 9.17) is 0 Å². The number of imidazole rings is 1. The van der Waals surface area contributed by atoms with Crippen LogP contribution in [-0.2, 0) is 26.3 Å². The van der Waals surface area contributed by atoms with Gasteiger partial charge >= 0.3 is 18.1 Å². The van der Waals surface area contributed by atoms with E-state index in [1.807, 2.05) is 95.6 Å². The molecule has 0 aliphatic carbocycles. The van der Waals surface area contributed by atoms with Gasteiger partial charge in [-0.15, -0.1) is 0 Å². The molecule has 4 rings (SSSR count). The lowest BCUT2D eigenvalue weighted by Gasteiger charge is -2.37. The lowest BCUT2D eigenvalue weighted by molar-refractivity contribution is -0.175. The molecule has 0 saturated heterocycles. The molecular formula is C28H24F3N3O3. The maximum absolute atomic E-state index is 12.9. The van der Waals surface area contributed by atoms with Crippen LogP contribution < -0.4 is 5.32 Å². The minimum atomic E-state index is -5.14. The number of esters is 1. The van der Waals surface area contributed by atoms with E-state index >= 15 is 0 Å². The minimum Gasteiger partial charge on any atom is -0.467 e. The Kier molecular flexibility index (Phi) is 7.42. The zero-order valence-electron chi connectivity index (χ0n) is 19.9. The summed E-state index contributed by atoms with van der Waals surface area (Å²) in [6.07, 6.45) is -2.20. The molecular weight excluding hydrogens is 483 g/mol. The first-order valence-electron chi connectivity index (χ1n) is 11.4. The molecule has 0 radical (unpaired) electrons. The summed E-state index contributed by atoms with van der Waals surface area (Å²) in [5, 5.41) is 1.71. The number of carbonyl (C=O) groups is 2. The molecule has 0 fully saturated rings. The van der Waals surface area contributed by atoms with E-state index in [2.05, 4.69) is 9.72 Å². The fourth-order valence-electron chi connectivity index (χ4n) is 4.42. The van der Waals surface area contributed by atoms with Gasteiger partial charge in [-0.3, -0.25) is 4.79 Å². The van der Waals surface area contributed by atoms with Gasteiger partial charge in [0.1, 0.15) is 11.6 Å². The fraction of sp³-hybridized carbons (Fsp3) is 0.179. The van der Waals surface area contributed by atoms with Crippen molar-refractivity contribution in [2.45, 2.75) is 24.2 Å². The summed E-state index contributed by atoms with van der Waals surface area (Å²) in [5.74, 6) is -3.23. The molecule has 1 N–H and O–H groups in total. The maximum atomic E-state index is 12.9. The average molecular weight is 508 g/mol. The van der Waals surface area contributed by atoms with Crippen molar-refractivity contribution in [3.05, 3.63) is 126 Å². The quantitative estimate of drug-likeness (QED) is 0.282. The van der Waals surface area contributed by atoms with Gasteiger partial charge in [-0.25, -0.2) is 9.78 Å². The van der Waals surface area contributed by atoms with E-state index in [0.29, 0.717) is 5.69 Å². The number of halogens is 3. The SMILES string of the molecule is COC(=O)[C@H](Cc1cn(C(c2ccccc2)(c2ccccc2)c2ccccc2)cn1)NC(=O)C(F)(F)F. The Hall–Kier alpha value is -4.40. The summed E-state index contributed by atoms with van der Waals surface area (Å²) in [6.45, 7) is 0. The van der Waals surface area contributed by atoms with Crippen molar-refractivity contribution in [1.29, 1.82) is 0 Å². The Bertz CT molecular complexity index is 1240. The third-order valence-corrected chi connectivity index (χ3v) is 6.06. The number of aromatic nitrogens is 2. The smallest absolute Gasteiger partial charge is 0.467 e. The molecule has 0 aliphatic rings. The number of hydrogen-bond donors (Lipinski definition) is 1. The molecule has 1 aromatic heterocycles. The summed E-state index contributed by atoms with van der Waals surface area (Å²) < 4.78 is 45.1. The number of alkyl halides is 3. The summed E-state index contributed by atoms with van der Waals surface area (Å²) in [4.78, 5) is 28.2. The maximum Gasteiger partial charge on any atom is 0.471 e. The number of carbonyl (C=O) groups excluding carboxylic acids is 2. The van der Waals surface area contributed by atoms with Gasteiger partial charge in [-0.1, -0.05) is 91.0 Å². The summed E-state index contributed by atoms with van der Waals surface area (Å²) >= 11 is 0. The van der Waals surface area contributed by atoms with Crippen molar-refractivity contribution in [1.82, 2.24) is 14.9 Å². The zero-order valence-corrected chi connectivity index (χ0v) is 19.9. The number of rotatable bonds is 8. The molecule has 0 bridgehead atoms. The van der Waals surface area contributed by atoms with E-state index in [-0.39, 0.29) is 6.42 Å². The highest BCUT2D eigenvalue weighted by Gasteiger charge is 2.42. The normalized spacial score (nSPS) is 12.5. The predicted molar refractivity (Wildman–Crippen MR) is 131 cm³/mol. The number of amides is 1. The van der Waals surface area contributed by atoms with Gasteiger partial charge < -0.3 is 14.6 Å². The van der Waals surface area contributed by atoms with E-state index in [9.17, 15) is 22.8 Å². The highest BCUT2D eigenvalue weighted by Crippen LogP contribution is 2.40. The average Bonchev–Trinajstić information content (AvgIpc) is 3.38. The molecule has 37 heavy (non-hydrogen) atoms. The van der Waals surface area contributed by atoms with Gasteiger partial charge in [0, 0.05) is 12.6 Å². The topological polar surface area (TPSA) is 73.2 Å². The van der Waals surface area contributed by atoms with E-state index in [1.165, 1.54) is 0 Å². The van der Waals surface area contributed by atoms with Gasteiger partial charge in [0.05, 0.1) is 19.1 Å². The predicted octanol–water partition coefficient (Wildman–Crippen LogP) is 4.49. The Morgan fingerprint density at radius 2 is 1.32 bits per heavy atom. The first-order valence-corrected chi connectivity index (χ1v) is 11.4. The van der Waals surface area contributed by atoms with Crippen LogP contribution in [-0.4, -0.2) is 40.8 Å². The highest BCUT2D eigenvalue weighted by molar-refractivity contribution is 5.87. The Morgan fingerprint density at radius 1 is 0.865 bits per heavy atom. The lowest BCUT2D eigenvalue weighted by Crippen LogP contribution is -2.48. The van der Waals surface area contributed by atoms with Gasteiger partial charge in [-0.05, 0) is 16.7 Å². The van der Waals surface area contributed by atoms with Gasteiger partial charge in [-0.2, -0.15) is 13.2 Å². The third-order valence-electron chi connectivity index (χ3n) is 6.06. The Morgan fingerprint density at radius 3 is 1.73 bits per heavy atom. The van der Waals surface area contributed by atoms with Gasteiger partial charge in [0.15, 0.2) is 0 Å². The summed E-state index contributed by atoms with van der Waals surface area (Å²) in [7, 11) is 1.04. The second-order valence-corrected chi connectivity index (χ2v) is 8.33. The van der Waals surface area contributed by atoms with Gasteiger partial charge in [0.25, 0.3) is 0 Å². The number of hydrogen-bond acceptors (Lipinski definition) is 4. The number of nitrogens with one attached hydrogen (secondary N) is 1. The number of methoxy groups -OCH3 is 1. The molecule has 0 saturated carbocycles. The van der Waals surface area contributed by atoms with Crippen LogP contribution in [0.25, 0.3) is 0 Å². The van der Waals surface area contributed by atoms with Crippen LogP contribution in [0, 0.1) is 0 Å². The van der Waals surface area contributed by atoms with E-state index in [0.717, 1.165) is 23.8 Å². The van der Waals surface area contributed by atoms with Crippen LogP contribution in [0.3, 0.4) is 0 Å². The molecule has 1 atom stereocenters. The van der Waals surface area contributed by atoms with Crippen LogP contribution in [0.2, 0.25) is 0 Å². The molecule has 6 nitrogen and oxygen atoms in total. The van der Waals surface area contributed by atoms with Crippen LogP contribution in [0.5, 0.6) is 0 Å². The summed E-state index contributed by atoms with van der Waals surface area (Å²) in [6, 6.07) is 27.6. The highest BCUT2D eigenvalue weighted by atomic mass is 19.4. The Balaban J connectivity index is 1.83. The van der Waals surface area contributed by atoms with E-state index < -0.39 is 29.6 Å². The third kappa shape index (κ3) is 5.25. The molecule has 0 spiro atoms. The molecule has 4 aromatic rings. The van der Waals surface area contributed by atoms with Crippen LogP contribution in [0.15, 0.2) is 104 Å². The van der Waals surface area contributed by atoms with Crippen molar-refractivity contribution in [3.63, 3.8) is 0 Å². The molecule has 0 unspecified atom stereocenters. The first-order chi connectivity index (χ1) is 17.8. The monoisotopic (exact) mass is 507 g/mol. The zero-order chi connectivity index (χ0) is 26.5. The minimum absolute atomic E-state index is 0.296. The van der Waals surface area contributed by atoms with Crippen molar-refractivity contribution >= 4 is 11.9 Å². The lowest BCUT2D eigenvalue weighted by atomic mass is 9.77. The largest absolute Gasteiger partial charge is 0.471 e. The summed E-state index contributed by atoms with van der Waals surface area (Å²) in [5.41, 5.74) is 2.18. The second kappa shape index (κ2) is 10.7. The standard InChI is InChI=1S/C28H24F3N3O3/c1-37-25(35)24(33-26(36)28(29,30)31)17-23-18-34(19-32-23)27(20-11-5-2-6-12-20,21-13-7-3-8-14-21)22-15-9-4-10-16-22/h2-16,18-19,24H,17H2,1H3,(H,33,36)/t24-/m0/s1. The molecule has 0 aliphatic heterocycles. The fourth-order valence-corrected chi connectivity index (χ4v) is 4.42. The molecule has 1 heterocycles. The van der Waals surface area contributed by atoms with Gasteiger partial charge in [0.2, 0.25) is 0 Å². The van der Waals surface area contributed by atoms with Crippen molar-refractivity contribution < 1.29 is 27.5 Å². The number of ether oxygens (including phenoxy) is 1.